The maximum absolute atomic E-state index is 3.61. The van der Waals surface area contributed by atoms with Crippen molar-refractivity contribution in [1.82, 2.24) is 0 Å². The molecule has 0 fully saturated rings. The third-order valence-corrected chi connectivity index (χ3v) is 4.35. The molecular weight excluding hydrogens is 474 g/mol. The fraction of sp³-hybridized carbons (Fsp3) is 0.0870. The number of nitrogens with zero attached hydrogens (tertiary/aromatic N) is 1. The van der Waals surface area contributed by atoms with Gasteiger partial charge in [0.05, 0.1) is 0 Å². The average molecular weight is 491 g/mol. The topological polar surface area (TPSA) is 3.88 Å². The van der Waals surface area contributed by atoms with Crippen LogP contribution in [0.4, 0.5) is 0 Å². The summed E-state index contributed by atoms with van der Waals surface area (Å²) < 4.78 is 2.15. The number of benzene rings is 3. The van der Waals surface area contributed by atoms with Crippen molar-refractivity contribution in [1.29, 1.82) is 0 Å². The van der Waals surface area contributed by atoms with Crippen LogP contribution in [-0.2, 0) is 28.1 Å². The van der Waals surface area contributed by atoms with Crippen LogP contribution in [0.3, 0.4) is 0 Å². The van der Waals surface area contributed by atoms with Gasteiger partial charge in [-0.3, -0.25) is 0 Å². The zero-order chi connectivity index (χ0) is 16.5. The number of fused-ring (bicyclic) bond motifs is 1. The molecule has 1 nitrogen and oxygen atoms in total. The molecule has 0 aliphatic heterocycles. The summed E-state index contributed by atoms with van der Waals surface area (Å²) in [7, 11) is 2.07. The van der Waals surface area contributed by atoms with Gasteiger partial charge < -0.3 is 0 Å². The monoisotopic (exact) mass is 491 g/mol. The average Bonchev–Trinajstić information content (AvgIpc) is 2.63. The molecule has 0 N–H and O–H groups in total. The predicted molar refractivity (Wildman–Crippen MR) is 97.2 cm³/mol. The van der Waals surface area contributed by atoms with Crippen LogP contribution in [0.2, 0.25) is 0 Å². The Labute approximate surface area is 163 Å². The van der Waals surface area contributed by atoms with E-state index in [-0.39, 0.29) is 21.1 Å². The van der Waals surface area contributed by atoms with Gasteiger partial charge in [-0.2, -0.15) is 42.0 Å². The normalized spacial score (nSPS) is 10.5. The van der Waals surface area contributed by atoms with Crippen molar-refractivity contribution in [2.75, 3.05) is 0 Å². The summed E-state index contributed by atoms with van der Waals surface area (Å²) in [6.45, 7) is 2.13. The van der Waals surface area contributed by atoms with Crippen molar-refractivity contribution >= 4 is 10.8 Å². The number of aryl methyl sites for hydroxylation is 2. The van der Waals surface area contributed by atoms with Crippen molar-refractivity contribution in [2.24, 2.45) is 7.05 Å². The first-order chi connectivity index (χ1) is 11.7. The Morgan fingerprint density at radius 3 is 2.48 bits per heavy atom. The van der Waals surface area contributed by atoms with E-state index < -0.39 is 0 Å². The summed E-state index contributed by atoms with van der Waals surface area (Å²) in [5.41, 5.74) is 5.58. The minimum Gasteiger partial charge on any atom is -0.243 e. The van der Waals surface area contributed by atoms with E-state index in [1.807, 2.05) is 30.3 Å². The molecule has 1 aromatic heterocycles. The van der Waals surface area contributed by atoms with Crippen molar-refractivity contribution in [3.8, 4) is 22.4 Å². The van der Waals surface area contributed by atoms with Crippen molar-refractivity contribution in [3.05, 3.63) is 90.6 Å². The van der Waals surface area contributed by atoms with Crippen LogP contribution in [0.25, 0.3) is 33.2 Å². The zero-order valence-electron chi connectivity index (χ0n) is 14.2. The van der Waals surface area contributed by atoms with Gasteiger partial charge in [0.2, 0.25) is 0 Å². The minimum absolute atomic E-state index is 0. The maximum atomic E-state index is 3.61. The molecule has 0 aliphatic carbocycles. The van der Waals surface area contributed by atoms with Crippen LogP contribution >= 0.6 is 0 Å². The maximum Gasteiger partial charge on any atom is 0.151 e. The molecule has 0 saturated heterocycles. The number of aromatic nitrogens is 1. The van der Waals surface area contributed by atoms with E-state index in [0.717, 1.165) is 27.8 Å². The summed E-state index contributed by atoms with van der Waals surface area (Å²) in [5, 5.41) is 2.31. The number of hydrogen-bond acceptors (Lipinski definition) is 0. The third kappa shape index (κ3) is 3.30. The largest absolute Gasteiger partial charge is 0.243 e. The van der Waals surface area contributed by atoms with Gasteiger partial charge >= 0.3 is 0 Å². The van der Waals surface area contributed by atoms with Crippen LogP contribution in [0.15, 0.2) is 66.9 Å². The zero-order valence-corrected chi connectivity index (χ0v) is 17.1. The molecule has 0 unspecified atom stereocenters. The van der Waals surface area contributed by atoms with E-state index in [4.69, 9.17) is 0 Å². The first-order valence-electron chi connectivity index (χ1n) is 8.03. The van der Waals surface area contributed by atoms with Crippen molar-refractivity contribution in [3.63, 3.8) is 0 Å². The van der Waals surface area contributed by atoms with Gasteiger partial charge in [0, 0.05) is 21.1 Å². The molecule has 0 saturated carbocycles. The molecule has 4 rings (SSSR count). The molecule has 0 amide bonds. The second-order valence-corrected chi connectivity index (χ2v) is 5.98. The van der Waals surface area contributed by atoms with Gasteiger partial charge in [0.1, 0.15) is 12.7 Å². The van der Waals surface area contributed by atoms with Crippen LogP contribution < -0.4 is 4.57 Å². The fourth-order valence-electron chi connectivity index (χ4n) is 3.07. The third-order valence-electron chi connectivity index (χ3n) is 4.35. The van der Waals surface area contributed by atoms with Gasteiger partial charge in [-0.15, -0.1) is 42.0 Å². The molecule has 1 heterocycles. The summed E-state index contributed by atoms with van der Waals surface area (Å²) in [6, 6.07) is 30.8. The molecule has 4 aromatic rings. The molecular formula is C23H17NW-2. The SMILES string of the molecule is Cc1ccc(-c2[c-]cccc2)[c-]c1-c1c2[c-]cccc2cc[n+]1C.[W]. The van der Waals surface area contributed by atoms with Gasteiger partial charge in [-0.25, -0.2) is 10.1 Å². The van der Waals surface area contributed by atoms with Gasteiger partial charge in [-0.1, -0.05) is 23.3 Å². The Bertz CT molecular complexity index is 1020. The Balaban J connectivity index is 0.00000182. The first-order valence-corrected chi connectivity index (χ1v) is 8.03. The second kappa shape index (κ2) is 7.33. The Morgan fingerprint density at radius 1 is 0.840 bits per heavy atom. The van der Waals surface area contributed by atoms with Crippen LogP contribution in [-0.4, -0.2) is 0 Å². The predicted octanol–water partition coefficient (Wildman–Crippen LogP) is 4.70. The fourth-order valence-corrected chi connectivity index (χ4v) is 3.07. The summed E-state index contributed by atoms with van der Waals surface area (Å²) in [5.74, 6) is 0. The summed E-state index contributed by atoms with van der Waals surface area (Å²) >= 11 is 0. The van der Waals surface area contributed by atoms with Crippen molar-refractivity contribution < 1.29 is 25.6 Å². The van der Waals surface area contributed by atoms with E-state index >= 15 is 0 Å². The van der Waals surface area contributed by atoms with Crippen molar-refractivity contribution in [2.45, 2.75) is 6.92 Å². The van der Waals surface area contributed by atoms with E-state index in [2.05, 4.69) is 73.3 Å². The van der Waals surface area contributed by atoms with E-state index in [1.54, 1.807) is 0 Å². The molecule has 2 heteroatoms. The molecule has 0 spiro atoms. The minimum atomic E-state index is 0. The second-order valence-electron chi connectivity index (χ2n) is 5.98. The number of rotatable bonds is 2. The van der Waals surface area contributed by atoms with Crippen LogP contribution in [0.5, 0.6) is 0 Å². The molecule has 0 radical (unpaired) electrons. The number of pyridine rings is 1. The van der Waals surface area contributed by atoms with E-state index in [1.165, 1.54) is 10.9 Å². The summed E-state index contributed by atoms with van der Waals surface area (Å²) in [4.78, 5) is 0. The molecule has 0 atom stereocenters. The molecule has 25 heavy (non-hydrogen) atoms. The van der Waals surface area contributed by atoms with Gasteiger partial charge in [-0.05, 0) is 6.07 Å². The Kier molecular flexibility index (Phi) is 5.16. The molecule has 122 valence electrons. The molecule has 0 aliphatic rings. The summed E-state index contributed by atoms with van der Waals surface area (Å²) in [6.07, 6.45) is 2.10. The van der Waals surface area contributed by atoms with E-state index in [9.17, 15) is 0 Å². The van der Waals surface area contributed by atoms with E-state index in [0.29, 0.717) is 0 Å². The van der Waals surface area contributed by atoms with Crippen LogP contribution in [0, 0.1) is 25.1 Å². The first kappa shape index (κ1) is 17.6. The Hall–Kier alpha value is -2.24. The molecule has 3 aromatic carbocycles. The van der Waals surface area contributed by atoms with Crippen LogP contribution in [0.1, 0.15) is 5.56 Å². The number of hydrogen-bond donors (Lipinski definition) is 0. The smallest absolute Gasteiger partial charge is 0.151 e. The quantitative estimate of drug-likeness (QED) is 0.283. The molecule has 0 bridgehead atoms. The van der Waals surface area contributed by atoms with Gasteiger partial charge in [0.15, 0.2) is 6.20 Å². The standard InChI is InChI=1S/C23H17N.W/c1-17-12-13-20(18-8-4-3-5-9-18)16-22(17)23-21-11-7-6-10-19(21)14-15-24(23)2;/h3-8,10,12-15H,1-2H3;/q-2;. The van der Waals surface area contributed by atoms with Gasteiger partial charge in [0.25, 0.3) is 0 Å². The Morgan fingerprint density at radius 2 is 1.68 bits per heavy atom.